The van der Waals surface area contributed by atoms with Gasteiger partial charge in [-0.2, -0.15) is 0 Å². The summed E-state index contributed by atoms with van der Waals surface area (Å²) < 4.78 is 6.09. The van der Waals surface area contributed by atoms with E-state index in [2.05, 4.69) is 20.8 Å². The molecule has 0 N–H and O–H groups in total. The highest BCUT2D eigenvalue weighted by Crippen LogP contribution is 2.26. The molecule has 0 fully saturated rings. The smallest absolute Gasteiger partial charge is 0.187 e. The number of nitrogens with zero attached hydrogens (tertiary/aromatic N) is 1. The molecule has 2 aromatic rings. The molecule has 0 amide bonds. The van der Waals surface area contributed by atoms with Gasteiger partial charge in [0.1, 0.15) is 5.76 Å². The zero-order chi connectivity index (χ0) is 9.97. The molecule has 2 rings (SSSR count). The van der Waals surface area contributed by atoms with E-state index in [-0.39, 0.29) is 0 Å². The van der Waals surface area contributed by atoms with Crippen molar-refractivity contribution in [3.8, 4) is 11.3 Å². The van der Waals surface area contributed by atoms with Crippen LogP contribution in [0.5, 0.6) is 0 Å². The monoisotopic (exact) mass is 247 g/mol. The molecule has 68 valence electrons. The number of hydrogen-bond acceptors (Lipinski definition) is 1. The quantitative estimate of drug-likeness (QED) is 0.689. The van der Waals surface area contributed by atoms with E-state index in [4.69, 9.17) is 11.0 Å². The van der Waals surface area contributed by atoms with Crippen LogP contribution < -0.4 is 0 Å². The van der Waals surface area contributed by atoms with Crippen molar-refractivity contribution in [3.05, 3.63) is 52.5 Å². The average molecular weight is 248 g/mol. The molecule has 0 spiro atoms. The summed E-state index contributed by atoms with van der Waals surface area (Å²) in [7, 11) is 0. The minimum Gasteiger partial charge on any atom is -0.449 e. The summed E-state index contributed by atoms with van der Waals surface area (Å²) >= 11 is 3.24. The van der Waals surface area contributed by atoms with Crippen LogP contribution in [0.3, 0.4) is 0 Å². The molecule has 1 aromatic heterocycles. The number of rotatable bonds is 1. The Morgan fingerprint density at radius 3 is 2.29 bits per heavy atom. The van der Waals surface area contributed by atoms with Crippen molar-refractivity contribution in [3.63, 3.8) is 0 Å². The molecule has 14 heavy (non-hydrogen) atoms. The Labute approximate surface area is 90.1 Å². The number of hydrogen-bond donors (Lipinski definition) is 0. The fourth-order valence-corrected chi connectivity index (χ4v) is 1.48. The zero-order valence-electron chi connectivity index (χ0n) is 7.20. The molecule has 3 heteroatoms. The van der Waals surface area contributed by atoms with Crippen molar-refractivity contribution in [1.82, 2.24) is 0 Å². The Bertz CT molecular complexity index is 479. The van der Waals surface area contributed by atoms with E-state index in [1.54, 1.807) is 12.1 Å². The minimum atomic E-state index is 0.638. The average Bonchev–Trinajstić information content (AvgIpc) is 2.65. The maximum Gasteiger partial charge on any atom is 0.187 e. The lowest BCUT2D eigenvalue weighted by Crippen LogP contribution is -1.70. The first-order chi connectivity index (χ1) is 6.79. The molecule has 0 radical (unpaired) electrons. The van der Waals surface area contributed by atoms with E-state index < -0.39 is 0 Å². The third-order valence-electron chi connectivity index (χ3n) is 1.85. The van der Waals surface area contributed by atoms with E-state index in [1.165, 1.54) is 0 Å². The highest BCUT2D eigenvalue weighted by Gasteiger charge is 2.02. The second-order valence-corrected chi connectivity index (χ2v) is 3.54. The summed E-state index contributed by atoms with van der Waals surface area (Å²) in [6.07, 6.45) is 0. The molecular weight excluding hydrogens is 242 g/mol. The van der Waals surface area contributed by atoms with Gasteiger partial charge in [0, 0.05) is 5.56 Å². The van der Waals surface area contributed by atoms with Gasteiger partial charge in [0.2, 0.25) is 0 Å². The normalized spacial score (nSPS) is 9.71. The lowest BCUT2D eigenvalue weighted by molar-refractivity contribution is 0.556. The van der Waals surface area contributed by atoms with Crippen LogP contribution in [-0.2, 0) is 0 Å². The molecule has 0 aliphatic carbocycles. The number of furan rings is 1. The number of halogens is 1. The maximum atomic E-state index is 6.82. The van der Waals surface area contributed by atoms with Gasteiger partial charge in [0.05, 0.1) is 6.57 Å². The molecule has 0 unspecified atom stereocenters. The van der Waals surface area contributed by atoms with Crippen molar-refractivity contribution >= 4 is 21.6 Å². The summed E-state index contributed by atoms with van der Waals surface area (Å²) in [5.74, 6) is 0.799. The van der Waals surface area contributed by atoms with Gasteiger partial charge >= 0.3 is 0 Å². The molecule has 1 heterocycles. The van der Waals surface area contributed by atoms with Crippen LogP contribution >= 0.6 is 15.9 Å². The molecule has 0 aliphatic rings. The van der Waals surface area contributed by atoms with Gasteiger partial charge in [0.15, 0.2) is 10.4 Å². The second kappa shape index (κ2) is 3.69. The van der Waals surface area contributed by atoms with Crippen LogP contribution in [0.15, 0.2) is 45.5 Å². The van der Waals surface area contributed by atoms with Gasteiger partial charge in [-0.15, -0.1) is 0 Å². The van der Waals surface area contributed by atoms with Crippen LogP contribution in [0.1, 0.15) is 0 Å². The van der Waals surface area contributed by atoms with Crippen LogP contribution in [0.2, 0.25) is 0 Å². The zero-order valence-corrected chi connectivity index (χ0v) is 8.78. The summed E-state index contributed by atoms with van der Waals surface area (Å²) in [5, 5.41) is 0. The molecule has 2 nitrogen and oxygen atoms in total. The Hall–Kier alpha value is -1.53. The van der Waals surface area contributed by atoms with Gasteiger partial charge in [-0.25, -0.2) is 4.85 Å². The summed E-state index contributed by atoms with van der Waals surface area (Å²) in [4.78, 5) is 3.32. The molecule has 0 atom stereocenters. The van der Waals surface area contributed by atoms with Crippen molar-refractivity contribution in [2.24, 2.45) is 0 Å². The lowest BCUT2D eigenvalue weighted by Gasteiger charge is -1.95. The standard InChI is InChI=1S/C11H6BrNO/c1-13-9-4-2-8(3-5-9)10-6-7-11(12)14-10/h2-7H. The highest BCUT2D eigenvalue weighted by atomic mass is 79.9. The van der Waals surface area contributed by atoms with Crippen LogP contribution in [0.4, 0.5) is 5.69 Å². The SMILES string of the molecule is [C-]#[N+]c1ccc(-c2ccc(Br)o2)cc1. The van der Waals surface area contributed by atoms with Gasteiger partial charge in [-0.05, 0) is 28.1 Å². The number of benzene rings is 1. The predicted octanol–water partition coefficient (Wildman–Crippen LogP) is 4.26. The lowest BCUT2D eigenvalue weighted by atomic mass is 10.1. The van der Waals surface area contributed by atoms with Gasteiger partial charge in [-0.1, -0.05) is 24.3 Å². The van der Waals surface area contributed by atoms with E-state index in [1.807, 2.05) is 24.3 Å². The van der Waals surface area contributed by atoms with E-state index >= 15 is 0 Å². The third kappa shape index (κ3) is 1.70. The van der Waals surface area contributed by atoms with Crippen molar-refractivity contribution in [2.75, 3.05) is 0 Å². The minimum absolute atomic E-state index is 0.638. The van der Waals surface area contributed by atoms with Crippen LogP contribution in [0, 0.1) is 6.57 Å². The molecular formula is C11H6BrNO. The van der Waals surface area contributed by atoms with Crippen LogP contribution in [-0.4, -0.2) is 0 Å². The molecule has 0 aliphatic heterocycles. The Morgan fingerprint density at radius 2 is 1.79 bits per heavy atom. The van der Waals surface area contributed by atoms with Gasteiger partial charge in [-0.3, -0.25) is 0 Å². The molecule has 0 saturated heterocycles. The van der Waals surface area contributed by atoms with Crippen molar-refractivity contribution in [1.29, 1.82) is 0 Å². The first-order valence-electron chi connectivity index (χ1n) is 4.03. The summed E-state index contributed by atoms with van der Waals surface area (Å²) in [6, 6.07) is 11.0. The summed E-state index contributed by atoms with van der Waals surface area (Å²) in [6.45, 7) is 6.82. The largest absolute Gasteiger partial charge is 0.449 e. The van der Waals surface area contributed by atoms with E-state index in [0.29, 0.717) is 10.4 Å². The fraction of sp³-hybridized carbons (Fsp3) is 0. The van der Waals surface area contributed by atoms with E-state index in [9.17, 15) is 0 Å². The molecule has 0 bridgehead atoms. The predicted molar refractivity (Wildman–Crippen MR) is 58.1 cm³/mol. The summed E-state index contributed by atoms with van der Waals surface area (Å²) in [5.41, 5.74) is 1.61. The first kappa shape index (κ1) is 9.04. The molecule has 1 aromatic carbocycles. The fourth-order valence-electron chi connectivity index (χ4n) is 1.17. The Morgan fingerprint density at radius 1 is 1.07 bits per heavy atom. The maximum absolute atomic E-state index is 6.82. The van der Waals surface area contributed by atoms with Gasteiger partial charge in [0.25, 0.3) is 0 Å². The Balaban J connectivity index is 2.39. The van der Waals surface area contributed by atoms with Gasteiger partial charge < -0.3 is 4.42 Å². The highest BCUT2D eigenvalue weighted by molar-refractivity contribution is 9.10. The third-order valence-corrected chi connectivity index (χ3v) is 2.28. The topological polar surface area (TPSA) is 17.5 Å². The first-order valence-corrected chi connectivity index (χ1v) is 4.82. The Kier molecular flexibility index (Phi) is 2.38. The second-order valence-electron chi connectivity index (χ2n) is 2.76. The van der Waals surface area contributed by atoms with E-state index in [0.717, 1.165) is 11.3 Å². The van der Waals surface area contributed by atoms with Crippen molar-refractivity contribution < 1.29 is 4.42 Å². The molecule has 0 saturated carbocycles. The van der Waals surface area contributed by atoms with Crippen molar-refractivity contribution in [2.45, 2.75) is 0 Å². The van der Waals surface area contributed by atoms with Crippen LogP contribution in [0.25, 0.3) is 16.2 Å².